The third kappa shape index (κ3) is 3.33. The smallest absolute Gasteiger partial charge is 0.254 e. The number of nitrogens with zero attached hydrogens (tertiary/aromatic N) is 1. The molecule has 0 radical (unpaired) electrons. The molecule has 30 heavy (non-hydrogen) atoms. The van der Waals surface area contributed by atoms with Gasteiger partial charge in [-0.2, -0.15) is 0 Å². The minimum atomic E-state index is -1.38. The summed E-state index contributed by atoms with van der Waals surface area (Å²) in [7, 11) is 1.52. The molecule has 2 aromatic rings. The molecule has 1 fully saturated rings. The average molecular weight is 402 g/mol. The average Bonchev–Trinajstić information content (AvgIpc) is 3.21. The van der Waals surface area contributed by atoms with E-state index in [2.05, 4.69) is 17.2 Å². The Morgan fingerprint density at radius 3 is 2.70 bits per heavy atom. The zero-order chi connectivity index (χ0) is 21.3. The molecule has 1 saturated heterocycles. The van der Waals surface area contributed by atoms with Gasteiger partial charge >= 0.3 is 0 Å². The van der Waals surface area contributed by atoms with E-state index in [1.165, 1.54) is 12.0 Å². The Balaban J connectivity index is 1.68. The second kappa shape index (κ2) is 7.48. The molecule has 0 aliphatic carbocycles. The van der Waals surface area contributed by atoms with Gasteiger partial charge < -0.3 is 9.64 Å². The minimum absolute atomic E-state index is 0.0311. The van der Waals surface area contributed by atoms with E-state index in [0.717, 1.165) is 5.56 Å². The van der Waals surface area contributed by atoms with Crippen molar-refractivity contribution in [3.63, 3.8) is 0 Å². The third-order valence-electron chi connectivity index (χ3n) is 5.33. The number of nitrogens with one attached hydrogen (secondary N) is 1. The molecule has 0 spiro atoms. The molecular weight excluding hydrogens is 384 g/mol. The highest BCUT2D eigenvalue weighted by Gasteiger charge is 2.48. The van der Waals surface area contributed by atoms with Crippen LogP contribution in [0.3, 0.4) is 0 Å². The molecule has 3 amide bonds. The van der Waals surface area contributed by atoms with Gasteiger partial charge in [0.1, 0.15) is 11.2 Å². The first-order chi connectivity index (χ1) is 14.5. The summed E-state index contributed by atoms with van der Waals surface area (Å²) >= 11 is 0. The third-order valence-corrected chi connectivity index (χ3v) is 5.33. The first-order valence-electron chi connectivity index (χ1n) is 9.33. The fraction of sp³-hybridized carbons (Fsp3) is 0.217. The number of imide groups is 1. The summed E-state index contributed by atoms with van der Waals surface area (Å²) in [6.07, 6.45) is 0.538. The van der Waals surface area contributed by atoms with Crippen molar-refractivity contribution >= 4 is 24.0 Å². The standard InChI is InChI=1S/C23H18N2O5/c1-30-18-7-6-16-12-25(21(28)19(16)10-18)14-23(11-20(27)24-22(23)29)9-8-15-4-2-3-5-17(15)13-26/h2-7,10,13H,11-12,14H2,1H3,(H,24,27,29)/t23-/m1/s1. The van der Waals surface area contributed by atoms with Crippen molar-refractivity contribution in [2.45, 2.75) is 13.0 Å². The van der Waals surface area contributed by atoms with Gasteiger partial charge in [-0.1, -0.05) is 36.1 Å². The summed E-state index contributed by atoms with van der Waals surface area (Å²) in [6, 6.07) is 12.0. The van der Waals surface area contributed by atoms with Crippen LogP contribution in [0.25, 0.3) is 0 Å². The number of rotatable bonds is 4. The van der Waals surface area contributed by atoms with Crippen LogP contribution in [0.2, 0.25) is 0 Å². The number of benzene rings is 2. The van der Waals surface area contributed by atoms with Crippen LogP contribution in [0, 0.1) is 17.3 Å². The summed E-state index contributed by atoms with van der Waals surface area (Å²) in [5, 5.41) is 2.29. The van der Waals surface area contributed by atoms with E-state index < -0.39 is 17.2 Å². The maximum Gasteiger partial charge on any atom is 0.254 e. The number of amides is 3. The van der Waals surface area contributed by atoms with Gasteiger partial charge in [0.25, 0.3) is 5.91 Å². The summed E-state index contributed by atoms with van der Waals surface area (Å²) in [4.78, 5) is 50.4. The van der Waals surface area contributed by atoms with E-state index in [1.807, 2.05) is 6.07 Å². The molecule has 0 saturated carbocycles. The predicted molar refractivity (Wildman–Crippen MR) is 107 cm³/mol. The molecule has 0 bridgehead atoms. The maximum atomic E-state index is 12.9. The molecule has 7 nitrogen and oxygen atoms in total. The molecule has 150 valence electrons. The normalized spacial score (nSPS) is 19.8. The van der Waals surface area contributed by atoms with E-state index in [0.29, 0.717) is 35.3 Å². The molecule has 2 aliphatic rings. The van der Waals surface area contributed by atoms with E-state index >= 15 is 0 Å². The van der Waals surface area contributed by atoms with Crippen molar-refractivity contribution in [3.8, 4) is 17.6 Å². The molecule has 1 atom stereocenters. The fourth-order valence-electron chi connectivity index (χ4n) is 3.73. The fourth-order valence-corrected chi connectivity index (χ4v) is 3.73. The Kier molecular flexibility index (Phi) is 4.84. The molecular formula is C23H18N2O5. The lowest BCUT2D eigenvalue weighted by molar-refractivity contribution is -0.127. The highest BCUT2D eigenvalue weighted by atomic mass is 16.5. The van der Waals surface area contributed by atoms with Gasteiger partial charge in [-0.3, -0.25) is 24.5 Å². The van der Waals surface area contributed by atoms with E-state index in [9.17, 15) is 19.2 Å². The Bertz CT molecular complexity index is 1140. The number of ether oxygens (including phenoxy) is 1. The molecule has 1 N–H and O–H groups in total. The number of carbonyl (C=O) groups is 4. The van der Waals surface area contributed by atoms with Crippen LogP contribution in [0.5, 0.6) is 5.75 Å². The molecule has 0 aromatic heterocycles. The quantitative estimate of drug-likeness (QED) is 0.476. The molecule has 2 aliphatic heterocycles. The minimum Gasteiger partial charge on any atom is -0.497 e. The second-order valence-electron chi connectivity index (χ2n) is 7.28. The zero-order valence-corrected chi connectivity index (χ0v) is 16.2. The molecule has 4 rings (SSSR count). The predicted octanol–water partition coefficient (Wildman–Crippen LogP) is 1.55. The van der Waals surface area contributed by atoms with Gasteiger partial charge in [0.2, 0.25) is 11.8 Å². The topological polar surface area (TPSA) is 92.8 Å². The van der Waals surface area contributed by atoms with Crippen molar-refractivity contribution in [2.75, 3.05) is 13.7 Å². The van der Waals surface area contributed by atoms with Crippen LogP contribution >= 0.6 is 0 Å². The Morgan fingerprint density at radius 1 is 1.20 bits per heavy atom. The van der Waals surface area contributed by atoms with Crippen molar-refractivity contribution in [1.29, 1.82) is 0 Å². The summed E-state index contributed by atoms with van der Waals surface area (Å²) < 4.78 is 5.19. The number of aldehydes is 1. The highest BCUT2D eigenvalue weighted by Crippen LogP contribution is 2.33. The Morgan fingerprint density at radius 2 is 2.00 bits per heavy atom. The number of carbonyl (C=O) groups excluding carboxylic acids is 4. The van der Waals surface area contributed by atoms with E-state index in [4.69, 9.17) is 4.74 Å². The summed E-state index contributed by atoms with van der Waals surface area (Å²) in [5.41, 5.74) is 0.796. The largest absolute Gasteiger partial charge is 0.497 e. The maximum absolute atomic E-state index is 12.9. The van der Waals surface area contributed by atoms with Gasteiger partial charge in [0.15, 0.2) is 6.29 Å². The van der Waals surface area contributed by atoms with Crippen LogP contribution in [-0.2, 0) is 16.1 Å². The molecule has 2 heterocycles. The van der Waals surface area contributed by atoms with Crippen LogP contribution < -0.4 is 10.1 Å². The number of hydrogen-bond acceptors (Lipinski definition) is 5. The summed E-state index contributed by atoms with van der Waals surface area (Å²) in [5.74, 6) is 5.12. The van der Waals surface area contributed by atoms with E-state index in [1.54, 1.807) is 36.4 Å². The number of methoxy groups -OCH3 is 1. The lowest BCUT2D eigenvalue weighted by Gasteiger charge is -2.25. The second-order valence-corrected chi connectivity index (χ2v) is 7.28. The number of hydrogen-bond donors (Lipinski definition) is 1. The first kappa shape index (κ1) is 19.4. The van der Waals surface area contributed by atoms with Gasteiger partial charge in [-0.15, -0.1) is 0 Å². The van der Waals surface area contributed by atoms with Crippen LogP contribution in [-0.4, -0.2) is 42.6 Å². The van der Waals surface area contributed by atoms with Crippen molar-refractivity contribution in [3.05, 3.63) is 64.7 Å². The van der Waals surface area contributed by atoms with Gasteiger partial charge in [0.05, 0.1) is 13.5 Å². The lowest BCUT2D eigenvalue weighted by atomic mass is 9.85. The van der Waals surface area contributed by atoms with Crippen molar-refractivity contribution in [2.24, 2.45) is 5.41 Å². The molecule has 0 unspecified atom stereocenters. The molecule has 2 aromatic carbocycles. The lowest BCUT2D eigenvalue weighted by Crippen LogP contribution is -2.42. The molecule has 7 heteroatoms. The Hall–Kier alpha value is -3.92. The number of fused-ring (bicyclic) bond motifs is 1. The van der Waals surface area contributed by atoms with Gasteiger partial charge in [-0.05, 0) is 23.8 Å². The first-order valence-corrected chi connectivity index (χ1v) is 9.33. The summed E-state index contributed by atoms with van der Waals surface area (Å²) in [6.45, 7) is 0.282. The van der Waals surface area contributed by atoms with Crippen molar-refractivity contribution in [1.82, 2.24) is 10.2 Å². The highest BCUT2D eigenvalue weighted by molar-refractivity contribution is 6.08. The van der Waals surface area contributed by atoms with Crippen molar-refractivity contribution < 1.29 is 23.9 Å². The van der Waals surface area contributed by atoms with Gasteiger partial charge in [0, 0.05) is 29.8 Å². The van der Waals surface area contributed by atoms with Crippen LogP contribution in [0.15, 0.2) is 42.5 Å². The van der Waals surface area contributed by atoms with Crippen LogP contribution in [0.1, 0.15) is 38.3 Å². The zero-order valence-electron chi connectivity index (χ0n) is 16.2. The Labute approximate surface area is 173 Å². The SMILES string of the molecule is COc1ccc2c(c1)C(=O)N(C[C@@]1(C#Cc3ccccc3C=O)CC(=O)NC1=O)C2. The van der Waals surface area contributed by atoms with Crippen LogP contribution in [0.4, 0.5) is 0 Å². The van der Waals surface area contributed by atoms with E-state index in [-0.39, 0.29) is 18.9 Å². The monoisotopic (exact) mass is 402 g/mol. The van der Waals surface area contributed by atoms with Gasteiger partial charge in [-0.25, -0.2) is 0 Å².